The smallest absolute Gasteiger partial charge is 0.00746 e. The van der Waals surface area contributed by atoms with Gasteiger partial charge in [0.05, 0.1) is 0 Å². The summed E-state index contributed by atoms with van der Waals surface area (Å²) in [4.78, 5) is 0. The monoisotopic (exact) mass is 141 g/mol. The van der Waals surface area contributed by atoms with Crippen LogP contribution in [0.5, 0.6) is 0 Å². The summed E-state index contributed by atoms with van der Waals surface area (Å²) < 4.78 is 0. The van der Waals surface area contributed by atoms with Crippen LogP contribution in [0, 0.1) is 17.8 Å². The third-order valence-electron chi connectivity index (χ3n) is 2.79. The maximum atomic E-state index is 5.46. The van der Waals surface area contributed by atoms with Gasteiger partial charge in [-0.1, -0.05) is 13.8 Å². The Labute approximate surface area is 64.0 Å². The van der Waals surface area contributed by atoms with E-state index in [9.17, 15) is 0 Å². The van der Waals surface area contributed by atoms with Gasteiger partial charge in [-0.3, -0.25) is 0 Å². The van der Waals surface area contributed by atoms with E-state index >= 15 is 0 Å². The van der Waals surface area contributed by atoms with E-state index in [1.165, 1.54) is 19.3 Å². The zero-order valence-corrected chi connectivity index (χ0v) is 7.14. The van der Waals surface area contributed by atoms with Gasteiger partial charge in [-0.2, -0.15) is 0 Å². The highest BCUT2D eigenvalue weighted by Crippen LogP contribution is 2.40. The van der Waals surface area contributed by atoms with Crippen LogP contribution in [-0.2, 0) is 0 Å². The lowest BCUT2D eigenvalue weighted by Gasteiger charge is -2.38. The summed E-state index contributed by atoms with van der Waals surface area (Å²) in [7, 11) is 0. The van der Waals surface area contributed by atoms with Crippen molar-refractivity contribution in [3.63, 3.8) is 0 Å². The minimum Gasteiger partial charge on any atom is -0.330 e. The largest absolute Gasteiger partial charge is 0.330 e. The van der Waals surface area contributed by atoms with Gasteiger partial charge in [-0.05, 0) is 43.6 Å². The number of rotatable bonds is 3. The van der Waals surface area contributed by atoms with Gasteiger partial charge in [0.2, 0.25) is 0 Å². The number of nitrogens with two attached hydrogens (primary N) is 1. The molecular formula is C9H19N. The summed E-state index contributed by atoms with van der Waals surface area (Å²) in [6, 6.07) is 0. The SMILES string of the molecule is CC(C)C1CC(CCN)C1. The fraction of sp³-hybridized carbons (Fsp3) is 1.00. The van der Waals surface area contributed by atoms with Gasteiger partial charge in [0.25, 0.3) is 0 Å². The Morgan fingerprint density at radius 1 is 1.40 bits per heavy atom. The minimum absolute atomic E-state index is 0.884. The van der Waals surface area contributed by atoms with Crippen molar-refractivity contribution in [1.29, 1.82) is 0 Å². The second-order valence-corrected chi connectivity index (χ2v) is 3.92. The molecule has 1 rings (SSSR count). The fourth-order valence-corrected chi connectivity index (χ4v) is 1.80. The lowest BCUT2D eigenvalue weighted by molar-refractivity contribution is 0.135. The van der Waals surface area contributed by atoms with Crippen molar-refractivity contribution >= 4 is 0 Å². The van der Waals surface area contributed by atoms with E-state index in [0.717, 1.165) is 24.3 Å². The molecule has 0 spiro atoms. The molecule has 0 aliphatic heterocycles. The summed E-state index contributed by atoms with van der Waals surface area (Å²) in [5.41, 5.74) is 5.46. The van der Waals surface area contributed by atoms with Crippen LogP contribution in [0.1, 0.15) is 33.1 Å². The summed E-state index contributed by atoms with van der Waals surface area (Å²) in [6.45, 7) is 5.53. The van der Waals surface area contributed by atoms with E-state index in [2.05, 4.69) is 13.8 Å². The maximum absolute atomic E-state index is 5.46. The Morgan fingerprint density at radius 3 is 2.40 bits per heavy atom. The number of hydrogen-bond acceptors (Lipinski definition) is 1. The summed E-state index contributed by atoms with van der Waals surface area (Å²) in [6.07, 6.45) is 4.13. The average molecular weight is 141 g/mol. The molecule has 1 nitrogen and oxygen atoms in total. The van der Waals surface area contributed by atoms with E-state index < -0.39 is 0 Å². The van der Waals surface area contributed by atoms with Crippen LogP contribution < -0.4 is 5.73 Å². The molecule has 1 heteroatoms. The molecule has 1 fully saturated rings. The number of hydrogen-bond donors (Lipinski definition) is 1. The first-order valence-corrected chi connectivity index (χ1v) is 4.44. The third kappa shape index (κ3) is 1.72. The van der Waals surface area contributed by atoms with E-state index in [1.54, 1.807) is 0 Å². The zero-order chi connectivity index (χ0) is 7.56. The molecule has 0 amide bonds. The van der Waals surface area contributed by atoms with Gasteiger partial charge in [0.1, 0.15) is 0 Å². The van der Waals surface area contributed by atoms with Crippen molar-refractivity contribution in [3.8, 4) is 0 Å². The highest BCUT2D eigenvalue weighted by molar-refractivity contribution is 4.81. The molecule has 0 aromatic carbocycles. The van der Waals surface area contributed by atoms with E-state index in [0.29, 0.717) is 0 Å². The lowest BCUT2D eigenvalue weighted by Crippen LogP contribution is -2.29. The predicted molar refractivity (Wildman–Crippen MR) is 44.7 cm³/mol. The average Bonchev–Trinajstić information content (AvgIpc) is 1.76. The second-order valence-electron chi connectivity index (χ2n) is 3.92. The predicted octanol–water partition coefficient (Wildman–Crippen LogP) is 2.02. The second kappa shape index (κ2) is 3.38. The van der Waals surface area contributed by atoms with Crippen molar-refractivity contribution in [2.45, 2.75) is 33.1 Å². The van der Waals surface area contributed by atoms with E-state index in [-0.39, 0.29) is 0 Å². The molecule has 0 heterocycles. The van der Waals surface area contributed by atoms with Crippen molar-refractivity contribution in [3.05, 3.63) is 0 Å². The Morgan fingerprint density at radius 2 is 2.00 bits per heavy atom. The Bertz CT molecular complexity index is 92.9. The molecule has 0 radical (unpaired) electrons. The van der Waals surface area contributed by atoms with Crippen molar-refractivity contribution < 1.29 is 0 Å². The van der Waals surface area contributed by atoms with E-state index in [4.69, 9.17) is 5.73 Å². The summed E-state index contributed by atoms with van der Waals surface area (Å²) >= 11 is 0. The van der Waals surface area contributed by atoms with Gasteiger partial charge in [-0.15, -0.1) is 0 Å². The quantitative estimate of drug-likeness (QED) is 0.639. The fourth-order valence-electron chi connectivity index (χ4n) is 1.80. The summed E-state index contributed by atoms with van der Waals surface area (Å²) in [5, 5.41) is 0. The molecule has 2 N–H and O–H groups in total. The first-order chi connectivity index (χ1) is 4.74. The lowest BCUT2D eigenvalue weighted by atomic mass is 9.68. The van der Waals surface area contributed by atoms with Crippen LogP contribution in [0.15, 0.2) is 0 Å². The molecule has 0 unspecified atom stereocenters. The van der Waals surface area contributed by atoms with Gasteiger partial charge in [0, 0.05) is 0 Å². The first-order valence-electron chi connectivity index (χ1n) is 4.44. The molecule has 10 heavy (non-hydrogen) atoms. The zero-order valence-electron chi connectivity index (χ0n) is 7.14. The molecule has 1 aliphatic carbocycles. The highest BCUT2D eigenvalue weighted by Gasteiger charge is 2.29. The Balaban J connectivity index is 2.06. The maximum Gasteiger partial charge on any atom is -0.00746 e. The van der Waals surface area contributed by atoms with Crippen LogP contribution >= 0.6 is 0 Å². The summed E-state index contributed by atoms with van der Waals surface area (Å²) in [5.74, 6) is 2.88. The minimum atomic E-state index is 0.884. The highest BCUT2D eigenvalue weighted by atomic mass is 14.5. The van der Waals surface area contributed by atoms with Gasteiger partial charge >= 0.3 is 0 Å². The molecule has 60 valence electrons. The van der Waals surface area contributed by atoms with Crippen molar-refractivity contribution in [1.82, 2.24) is 0 Å². The van der Waals surface area contributed by atoms with Crippen LogP contribution in [0.4, 0.5) is 0 Å². The molecular weight excluding hydrogens is 122 g/mol. The molecule has 1 aliphatic rings. The van der Waals surface area contributed by atoms with Gasteiger partial charge in [0.15, 0.2) is 0 Å². The van der Waals surface area contributed by atoms with Gasteiger partial charge in [-0.25, -0.2) is 0 Å². The Hall–Kier alpha value is -0.0400. The standard InChI is InChI=1S/C9H19N/c1-7(2)9-5-8(6-9)3-4-10/h7-9H,3-6,10H2,1-2H3. The third-order valence-corrected chi connectivity index (χ3v) is 2.79. The first kappa shape index (κ1) is 8.06. The molecule has 0 bridgehead atoms. The molecule has 0 aromatic rings. The van der Waals surface area contributed by atoms with Crippen LogP contribution in [-0.4, -0.2) is 6.54 Å². The van der Waals surface area contributed by atoms with Crippen molar-refractivity contribution in [2.24, 2.45) is 23.5 Å². The molecule has 0 saturated heterocycles. The van der Waals surface area contributed by atoms with Crippen molar-refractivity contribution in [2.75, 3.05) is 6.54 Å². The Kier molecular flexibility index (Phi) is 2.72. The molecule has 0 atom stereocenters. The normalized spacial score (nSPS) is 32.4. The van der Waals surface area contributed by atoms with E-state index in [1.807, 2.05) is 0 Å². The van der Waals surface area contributed by atoms with Crippen LogP contribution in [0.2, 0.25) is 0 Å². The van der Waals surface area contributed by atoms with Gasteiger partial charge < -0.3 is 5.73 Å². The molecule has 1 saturated carbocycles. The topological polar surface area (TPSA) is 26.0 Å². The molecule has 0 aromatic heterocycles. The van der Waals surface area contributed by atoms with Crippen LogP contribution in [0.3, 0.4) is 0 Å². The van der Waals surface area contributed by atoms with Crippen LogP contribution in [0.25, 0.3) is 0 Å².